The van der Waals surface area contributed by atoms with E-state index < -0.39 is 10.0 Å². The molecule has 1 aliphatic heterocycles. The molecule has 3 fully saturated rings. The predicted molar refractivity (Wildman–Crippen MR) is 110 cm³/mol. The SMILES string of the molecule is CC1CCN(C(=O)c2cccc(S(=O)(=O)NC3CCCC3)c2)C2CCCCC12. The molecule has 1 heterocycles. The number of carbonyl (C=O) groups excluding carboxylic acids is 1. The Labute approximate surface area is 168 Å². The summed E-state index contributed by atoms with van der Waals surface area (Å²) >= 11 is 0. The second kappa shape index (κ2) is 8.15. The zero-order valence-corrected chi connectivity index (χ0v) is 17.6. The van der Waals surface area contributed by atoms with Gasteiger partial charge in [-0.15, -0.1) is 0 Å². The molecule has 4 rings (SSSR count). The highest BCUT2D eigenvalue weighted by Gasteiger charge is 2.39. The second-order valence-electron chi connectivity index (χ2n) is 8.91. The molecule has 2 saturated carbocycles. The van der Waals surface area contributed by atoms with E-state index in [1.165, 1.54) is 19.3 Å². The van der Waals surface area contributed by atoms with Crippen molar-refractivity contribution in [3.8, 4) is 0 Å². The number of nitrogens with zero attached hydrogens (tertiary/aromatic N) is 1. The van der Waals surface area contributed by atoms with Gasteiger partial charge >= 0.3 is 0 Å². The molecule has 154 valence electrons. The number of hydrogen-bond acceptors (Lipinski definition) is 3. The van der Waals surface area contributed by atoms with Crippen molar-refractivity contribution in [1.82, 2.24) is 9.62 Å². The van der Waals surface area contributed by atoms with Gasteiger partial charge in [-0.25, -0.2) is 13.1 Å². The van der Waals surface area contributed by atoms with Crippen molar-refractivity contribution in [2.45, 2.75) is 81.7 Å². The number of hydrogen-bond donors (Lipinski definition) is 1. The standard InChI is InChI=1S/C22H32N2O3S/c1-16-13-14-24(21-12-5-4-11-20(16)21)22(25)17-7-6-10-19(15-17)28(26,27)23-18-8-2-3-9-18/h6-7,10,15-16,18,20-21,23H,2-5,8-9,11-14H2,1H3. The highest BCUT2D eigenvalue weighted by atomic mass is 32.2. The summed E-state index contributed by atoms with van der Waals surface area (Å²) < 4.78 is 28.4. The van der Waals surface area contributed by atoms with Crippen LogP contribution in [0.4, 0.5) is 0 Å². The molecule has 0 bridgehead atoms. The molecule has 1 aromatic rings. The van der Waals surface area contributed by atoms with E-state index in [2.05, 4.69) is 11.6 Å². The minimum atomic E-state index is -3.58. The number of amides is 1. The minimum absolute atomic E-state index is 0.0123. The number of piperidine rings is 1. The van der Waals surface area contributed by atoms with Crippen LogP contribution in [-0.4, -0.2) is 37.9 Å². The number of carbonyl (C=O) groups is 1. The highest BCUT2D eigenvalue weighted by molar-refractivity contribution is 7.89. The molecule has 1 amide bonds. The van der Waals surface area contributed by atoms with E-state index in [0.29, 0.717) is 23.4 Å². The van der Waals surface area contributed by atoms with Gasteiger partial charge in [-0.2, -0.15) is 0 Å². The van der Waals surface area contributed by atoms with Crippen LogP contribution in [0.1, 0.15) is 75.1 Å². The maximum atomic E-state index is 13.3. The van der Waals surface area contributed by atoms with Crippen molar-refractivity contribution < 1.29 is 13.2 Å². The van der Waals surface area contributed by atoms with Gasteiger partial charge in [-0.1, -0.05) is 38.7 Å². The summed E-state index contributed by atoms with van der Waals surface area (Å²) in [7, 11) is -3.58. The maximum Gasteiger partial charge on any atom is 0.254 e. The fourth-order valence-corrected chi connectivity index (χ4v) is 6.81. The molecule has 3 unspecified atom stereocenters. The molecular weight excluding hydrogens is 372 g/mol. The third-order valence-corrected chi connectivity index (χ3v) is 8.59. The predicted octanol–water partition coefficient (Wildman–Crippen LogP) is 3.95. The van der Waals surface area contributed by atoms with E-state index in [0.717, 1.165) is 45.1 Å². The smallest absolute Gasteiger partial charge is 0.254 e. The lowest BCUT2D eigenvalue weighted by Gasteiger charge is -2.47. The van der Waals surface area contributed by atoms with Crippen molar-refractivity contribution in [3.05, 3.63) is 29.8 Å². The highest BCUT2D eigenvalue weighted by Crippen LogP contribution is 2.39. The van der Waals surface area contributed by atoms with Crippen LogP contribution in [-0.2, 0) is 10.0 Å². The van der Waals surface area contributed by atoms with Crippen LogP contribution in [0, 0.1) is 11.8 Å². The lowest BCUT2D eigenvalue weighted by atomic mass is 9.72. The Morgan fingerprint density at radius 1 is 1.04 bits per heavy atom. The van der Waals surface area contributed by atoms with Gasteiger partial charge in [0.1, 0.15) is 0 Å². The molecule has 0 radical (unpaired) electrons. The van der Waals surface area contributed by atoms with E-state index in [1.54, 1.807) is 24.3 Å². The Bertz CT molecular complexity index is 817. The Balaban J connectivity index is 1.54. The number of nitrogens with one attached hydrogen (secondary N) is 1. The average molecular weight is 405 g/mol. The van der Waals surface area contributed by atoms with Crippen molar-refractivity contribution in [1.29, 1.82) is 0 Å². The van der Waals surface area contributed by atoms with Gasteiger partial charge in [0, 0.05) is 24.2 Å². The Hall–Kier alpha value is -1.40. The zero-order valence-electron chi connectivity index (χ0n) is 16.8. The maximum absolute atomic E-state index is 13.3. The summed E-state index contributed by atoms with van der Waals surface area (Å²) in [4.78, 5) is 15.5. The van der Waals surface area contributed by atoms with Crippen LogP contribution in [0.15, 0.2) is 29.2 Å². The lowest BCUT2D eigenvalue weighted by molar-refractivity contribution is 0.0217. The van der Waals surface area contributed by atoms with E-state index in [9.17, 15) is 13.2 Å². The molecule has 6 heteroatoms. The van der Waals surface area contributed by atoms with Gasteiger partial charge in [0.25, 0.3) is 5.91 Å². The topological polar surface area (TPSA) is 66.5 Å². The fourth-order valence-electron chi connectivity index (χ4n) is 5.46. The van der Waals surface area contributed by atoms with Gasteiger partial charge in [-0.05, 0) is 62.1 Å². The summed E-state index contributed by atoms with van der Waals surface area (Å²) in [5.41, 5.74) is 0.494. The largest absolute Gasteiger partial charge is 0.335 e. The van der Waals surface area contributed by atoms with Crippen molar-refractivity contribution in [3.63, 3.8) is 0 Å². The van der Waals surface area contributed by atoms with Crippen molar-refractivity contribution in [2.75, 3.05) is 6.54 Å². The number of benzene rings is 1. The van der Waals surface area contributed by atoms with Crippen LogP contribution in [0.2, 0.25) is 0 Å². The summed E-state index contributed by atoms with van der Waals surface area (Å²) in [6, 6.07) is 6.94. The number of rotatable bonds is 4. The molecule has 2 aliphatic carbocycles. The molecule has 1 N–H and O–H groups in total. The van der Waals surface area contributed by atoms with E-state index in [4.69, 9.17) is 0 Å². The van der Waals surface area contributed by atoms with Gasteiger partial charge in [-0.3, -0.25) is 4.79 Å². The second-order valence-corrected chi connectivity index (χ2v) is 10.6. The molecule has 0 aromatic heterocycles. The molecule has 3 atom stereocenters. The van der Waals surface area contributed by atoms with Gasteiger partial charge in [0.05, 0.1) is 4.90 Å². The Morgan fingerprint density at radius 3 is 2.54 bits per heavy atom. The lowest BCUT2D eigenvalue weighted by Crippen LogP contribution is -2.52. The van der Waals surface area contributed by atoms with Crippen molar-refractivity contribution >= 4 is 15.9 Å². The molecular formula is C22H32N2O3S. The number of likely N-dealkylation sites (tertiary alicyclic amines) is 1. The Kier molecular flexibility index (Phi) is 5.79. The number of fused-ring (bicyclic) bond motifs is 1. The molecule has 0 spiro atoms. The molecule has 28 heavy (non-hydrogen) atoms. The molecule has 1 aromatic carbocycles. The van der Waals surface area contributed by atoms with Gasteiger partial charge in [0.2, 0.25) is 10.0 Å². The average Bonchev–Trinajstić information content (AvgIpc) is 3.20. The van der Waals surface area contributed by atoms with Crippen LogP contribution in [0.25, 0.3) is 0 Å². The van der Waals surface area contributed by atoms with E-state index in [-0.39, 0.29) is 16.8 Å². The normalized spacial score (nSPS) is 28.9. The quantitative estimate of drug-likeness (QED) is 0.826. The van der Waals surface area contributed by atoms with Crippen LogP contribution < -0.4 is 4.72 Å². The van der Waals surface area contributed by atoms with Crippen LogP contribution >= 0.6 is 0 Å². The monoisotopic (exact) mass is 404 g/mol. The minimum Gasteiger partial charge on any atom is -0.335 e. The first-order chi connectivity index (χ1) is 13.5. The summed E-state index contributed by atoms with van der Waals surface area (Å²) in [6.07, 6.45) is 9.68. The van der Waals surface area contributed by atoms with E-state index in [1.807, 2.05) is 4.90 Å². The first-order valence-electron chi connectivity index (χ1n) is 10.9. The molecule has 5 nitrogen and oxygen atoms in total. The summed E-state index contributed by atoms with van der Waals surface area (Å²) in [6.45, 7) is 3.09. The van der Waals surface area contributed by atoms with Crippen LogP contribution in [0.5, 0.6) is 0 Å². The third kappa shape index (κ3) is 3.99. The number of sulfonamides is 1. The van der Waals surface area contributed by atoms with Crippen molar-refractivity contribution in [2.24, 2.45) is 11.8 Å². The van der Waals surface area contributed by atoms with E-state index >= 15 is 0 Å². The van der Waals surface area contributed by atoms with Gasteiger partial charge < -0.3 is 4.90 Å². The zero-order chi connectivity index (χ0) is 19.7. The molecule has 3 aliphatic rings. The first kappa shape index (κ1) is 19.9. The fraction of sp³-hybridized carbons (Fsp3) is 0.682. The Morgan fingerprint density at radius 2 is 1.75 bits per heavy atom. The van der Waals surface area contributed by atoms with Gasteiger partial charge in [0.15, 0.2) is 0 Å². The first-order valence-corrected chi connectivity index (χ1v) is 12.4. The summed E-state index contributed by atoms with van der Waals surface area (Å²) in [5, 5.41) is 0. The summed E-state index contributed by atoms with van der Waals surface area (Å²) in [5.74, 6) is 1.24. The molecule has 1 saturated heterocycles. The van der Waals surface area contributed by atoms with Crippen LogP contribution in [0.3, 0.4) is 0 Å². The third-order valence-electron chi connectivity index (χ3n) is 7.07.